The Morgan fingerprint density at radius 1 is 1.42 bits per heavy atom. The van der Waals surface area contributed by atoms with Crippen LogP contribution in [0, 0.1) is 11.8 Å². The molecule has 1 amide bonds. The molecular weight excluding hydrogens is 274 g/mol. The Hall–Kier alpha value is -1.57. The van der Waals surface area contributed by atoms with Crippen LogP contribution in [-0.4, -0.2) is 51.4 Å². The first kappa shape index (κ1) is 15.5. The Labute approximate surface area is 113 Å². The SMILES string of the molecule is CC(=O)N[C@H](CSCC1C(=O)CC1C(=O)O)C(=O)O. The lowest BCUT2D eigenvalue weighted by molar-refractivity contribution is -0.154. The normalized spacial score (nSPS) is 23.3. The summed E-state index contributed by atoms with van der Waals surface area (Å²) in [5.74, 6) is -3.55. The molecule has 7 nitrogen and oxygen atoms in total. The molecule has 0 aromatic rings. The van der Waals surface area contributed by atoms with Gasteiger partial charge in [0.25, 0.3) is 0 Å². The molecule has 0 saturated heterocycles. The first-order chi connectivity index (χ1) is 8.82. The smallest absolute Gasteiger partial charge is 0.327 e. The molecule has 0 aromatic carbocycles. The van der Waals surface area contributed by atoms with E-state index in [4.69, 9.17) is 10.2 Å². The first-order valence-electron chi connectivity index (χ1n) is 5.66. The highest BCUT2D eigenvalue weighted by molar-refractivity contribution is 7.99. The van der Waals surface area contributed by atoms with E-state index >= 15 is 0 Å². The molecular formula is C11H15NO6S. The van der Waals surface area contributed by atoms with Crippen LogP contribution in [0.5, 0.6) is 0 Å². The van der Waals surface area contributed by atoms with E-state index in [1.807, 2.05) is 0 Å². The van der Waals surface area contributed by atoms with E-state index in [-0.39, 0.29) is 23.7 Å². The second-order valence-electron chi connectivity index (χ2n) is 4.35. The largest absolute Gasteiger partial charge is 0.481 e. The van der Waals surface area contributed by atoms with Crippen molar-refractivity contribution in [1.29, 1.82) is 0 Å². The third kappa shape index (κ3) is 4.23. The van der Waals surface area contributed by atoms with Crippen LogP contribution in [0.4, 0.5) is 0 Å². The quantitative estimate of drug-likeness (QED) is 0.583. The van der Waals surface area contributed by atoms with Crippen molar-refractivity contribution >= 4 is 35.4 Å². The highest BCUT2D eigenvalue weighted by atomic mass is 32.2. The number of rotatable bonds is 7. The van der Waals surface area contributed by atoms with Crippen molar-refractivity contribution in [3.05, 3.63) is 0 Å². The van der Waals surface area contributed by atoms with Gasteiger partial charge in [-0.3, -0.25) is 14.4 Å². The molecule has 106 valence electrons. The predicted molar refractivity (Wildman–Crippen MR) is 66.8 cm³/mol. The number of aliphatic carboxylic acids is 2. The summed E-state index contributed by atoms with van der Waals surface area (Å²) in [6.07, 6.45) is 0.0502. The minimum atomic E-state index is -1.16. The minimum Gasteiger partial charge on any atom is -0.481 e. The standard InChI is InChI=1S/C11H15NO6S/c1-5(13)12-8(11(17)18)4-19-3-7-6(10(15)16)2-9(7)14/h6-8H,2-4H2,1H3,(H,12,13)(H,15,16)(H,17,18)/t6?,7?,8-/m1/s1. The van der Waals surface area contributed by atoms with Crippen LogP contribution in [0.15, 0.2) is 0 Å². The van der Waals surface area contributed by atoms with Gasteiger partial charge in [-0.15, -0.1) is 0 Å². The number of hydrogen-bond donors (Lipinski definition) is 3. The van der Waals surface area contributed by atoms with Crippen LogP contribution in [0.1, 0.15) is 13.3 Å². The molecule has 2 unspecified atom stereocenters. The second kappa shape index (κ2) is 6.55. The van der Waals surface area contributed by atoms with Crippen molar-refractivity contribution < 1.29 is 29.4 Å². The molecule has 0 spiro atoms. The summed E-state index contributed by atoms with van der Waals surface area (Å²) in [5.41, 5.74) is 0. The van der Waals surface area contributed by atoms with E-state index in [1.54, 1.807) is 0 Å². The molecule has 1 saturated carbocycles. The van der Waals surface area contributed by atoms with Gasteiger partial charge < -0.3 is 15.5 Å². The summed E-state index contributed by atoms with van der Waals surface area (Å²) >= 11 is 1.16. The number of carbonyl (C=O) groups is 4. The van der Waals surface area contributed by atoms with E-state index in [2.05, 4.69) is 5.32 Å². The maximum Gasteiger partial charge on any atom is 0.327 e. The third-order valence-electron chi connectivity index (χ3n) is 2.90. The zero-order chi connectivity index (χ0) is 14.6. The summed E-state index contributed by atoms with van der Waals surface area (Å²) in [6.45, 7) is 1.22. The van der Waals surface area contributed by atoms with Crippen LogP contribution < -0.4 is 5.32 Å². The zero-order valence-corrected chi connectivity index (χ0v) is 11.1. The van der Waals surface area contributed by atoms with Gasteiger partial charge in [-0.25, -0.2) is 4.79 Å². The highest BCUT2D eigenvalue weighted by Crippen LogP contribution is 2.33. The number of nitrogens with one attached hydrogen (secondary N) is 1. The molecule has 0 radical (unpaired) electrons. The molecule has 0 heterocycles. The Morgan fingerprint density at radius 3 is 2.47 bits per heavy atom. The van der Waals surface area contributed by atoms with E-state index in [1.165, 1.54) is 6.92 Å². The predicted octanol–water partition coefficient (Wildman–Crippen LogP) is -0.401. The molecule has 3 atom stereocenters. The minimum absolute atomic E-state index is 0.0502. The van der Waals surface area contributed by atoms with Crippen LogP contribution >= 0.6 is 11.8 Å². The average molecular weight is 289 g/mol. The van der Waals surface area contributed by atoms with Gasteiger partial charge in [-0.1, -0.05) is 0 Å². The van der Waals surface area contributed by atoms with Crippen molar-refractivity contribution in [2.75, 3.05) is 11.5 Å². The van der Waals surface area contributed by atoms with Crippen LogP contribution in [0.3, 0.4) is 0 Å². The lowest BCUT2D eigenvalue weighted by Crippen LogP contribution is -2.44. The Morgan fingerprint density at radius 2 is 2.05 bits per heavy atom. The van der Waals surface area contributed by atoms with E-state index in [0.29, 0.717) is 0 Å². The number of thioether (sulfide) groups is 1. The molecule has 8 heteroatoms. The maximum atomic E-state index is 11.3. The number of Topliss-reactive ketones (excluding diaryl/α,β-unsaturated/α-hetero) is 1. The molecule has 0 aliphatic heterocycles. The molecule has 0 aromatic heterocycles. The molecule has 0 bridgehead atoms. The molecule has 1 aliphatic rings. The van der Waals surface area contributed by atoms with Gasteiger partial charge in [-0.2, -0.15) is 11.8 Å². The highest BCUT2D eigenvalue weighted by Gasteiger charge is 2.44. The number of carbonyl (C=O) groups excluding carboxylic acids is 2. The van der Waals surface area contributed by atoms with E-state index in [9.17, 15) is 19.2 Å². The molecule has 1 rings (SSSR count). The van der Waals surface area contributed by atoms with Crippen molar-refractivity contribution in [3.8, 4) is 0 Å². The van der Waals surface area contributed by atoms with Gasteiger partial charge >= 0.3 is 11.9 Å². The fourth-order valence-electron chi connectivity index (χ4n) is 1.78. The summed E-state index contributed by atoms with van der Waals surface area (Å²) in [5, 5.41) is 20.0. The first-order valence-corrected chi connectivity index (χ1v) is 6.81. The summed E-state index contributed by atoms with van der Waals surface area (Å²) in [4.78, 5) is 43.7. The number of amides is 1. The van der Waals surface area contributed by atoms with Gasteiger partial charge in [0.2, 0.25) is 5.91 Å². The van der Waals surface area contributed by atoms with Gasteiger partial charge in [0, 0.05) is 30.8 Å². The molecule has 1 fully saturated rings. The fourth-order valence-corrected chi connectivity index (χ4v) is 3.05. The average Bonchev–Trinajstić information content (AvgIpc) is 2.28. The molecule has 1 aliphatic carbocycles. The summed E-state index contributed by atoms with van der Waals surface area (Å²) in [7, 11) is 0. The van der Waals surface area contributed by atoms with Crippen LogP contribution in [0.2, 0.25) is 0 Å². The van der Waals surface area contributed by atoms with Crippen molar-refractivity contribution in [2.24, 2.45) is 11.8 Å². The lowest BCUT2D eigenvalue weighted by atomic mass is 9.73. The Bertz CT molecular complexity index is 400. The number of carboxylic acids is 2. The van der Waals surface area contributed by atoms with E-state index in [0.717, 1.165) is 11.8 Å². The van der Waals surface area contributed by atoms with Crippen molar-refractivity contribution in [3.63, 3.8) is 0 Å². The third-order valence-corrected chi connectivity index (χ3v) is 4.06. The Kier molecular flexibility index (Phi) is 5.34. The number of ketones is 1. The maximum absolute atomic E-state index is 11.3. The summed E-state index contributed by atoms with van der Waals surface area (Å²) in [6, 6.07) is -1.03. The van der Waals surface area contributed by atoms with Gasteiger partial charge in [0.15, 0.2) is 0 Å². The van der Waals surface area contributed by atoms with Crippen molar-refractivity contribution in [1.82, 2.24) is 5.32 Å². The monoisotopic (exact) mass is 289 g/mol. The van der Waals surface area contributed by atoms with E-state index < -0.39 is 35.7 Å². The second-order valence-corrected chi connectivity index (χ2v) is 5.43. The topological polar surface area (TPSA) is 121 Å². The lowest BCUT2D eigenvalue weighted by Gasteiger charge is -2.31. The van der Waals surface area contributed by atoms with Crippen LogP contribution in [0.25, 0.3) is 0 Å². The van der Waals surface area contributed by atoms with Gasteiger partial charge in [0.1, 0.15) is 11.8 Å². The number of hydrogen-bond acceptors (Lipinski definition) is 5. The number of carboxylic acid groups (broad SMARTS) is 2. The van der Waals surface area contributed by atoms with Gasteiger partial charge in [0.05, 0.1) is 5.92 Å². The summed E-state index contributed by atoms with van der Waals surface area (Å²) < 4.78 is 0. The Balaban J connectivity index is 2.39. The fraction of sp³-hybridized carbons (Fsp3) is 0.636. The molecule has 3 N–H and O–H groups in total. The van der Waals surface area contributed by atoms with Crippen molar-refractivity contribution in [2.45, 2.75) is 19.4 Å². The zero-order valence-electron chi connectivity index (χ0n) is 10.3. The molecule has 19 heavy (non-hydrogen) atoms. The van der Waals surface area contributed by atoms with Crippen LogP contribution in [-0.2, 0) is 19.2 Å². The van der Waals surface area contributed by atoms with Gasteiger partial charge in [-0.05, 0) is 0 Å².